The second-order valence-corrected chi connectivity index (χ2v) is 6.30. The zero-order valence-electron chi connectivity index (χ0n) is 13.2. The molecular weight excluding hydrogens is 260 g/mol. The van der Waals surface area contributed by atoms with Crippen molar-refractivity contribution in [3.8, 4) is 0 Å². The highest BCUT2D eigenvalue weighted by Crippen LogP contribution is 2.20. The fraction of sp³-hybridized carbons (Fsp3) is 0.706. The molecule has 0 spiro atoms. The number of nitrogens with zero attached hydrogens (tertiary/aromatic N) is 3. The molecular formula is C17H28N4. The van der Waals surface area contributed by atoms with E-state index in [-0.39, 0.29) is 0 Å². The van der Waals surface area contributed by atoms with Gasteiger partial charge in [0, 0.05) is 49.8 Å². The van der Waals surface area contributed by atoms with Crippen LogP contribution in [0.3, 0.4) is 0 Å². The van der Waals surface area contributed by atoms with Crippen LogP contribution in [0.25, 0.3) is 0 Å². The molecule has 4 heteroatoms. The number of nitrogens with one attached hydrogen (secondary N) is 1. The smallest absolute Gasteiger partial charge is 0.0397 e. The maximum atomic E-state index is 4.10. The minimum absolute atomic E-state index is 0.697. The van der Waals surface area contributed by atoms with Crippen LogP contribution >= 0.6 is 0 Å². The summed E-state index contributed by atoms with van der Waals surface area (Å²) in [6.07, 6.45) is 9.03. The summed E-state index contributed by atoms with van der Waals surface area (Å²) in [4.78, 5) is 9.20. The molecule has 1 unspecified atom stereocenters. The molecule has 2 aliphatic heterocycles. The molecule has 116 valence electrons. The van der Waals surface area contributed by atoms with Crippen LogP contribution in [0, 0.1) is 0 Å². The Labute approximate surface area is 128 Å². The molecule has 1 atom stereocenters. The number of aromatic nitrogens is 1. The van der Waals surface area contributed by atoms with Gasteiger partial charge in [0.1, 0.15) is 0 Å². The Hall–Kier alpha value is -1.13. The van der Waals surface area contributed by atoms with Gasteiger partial charge in [-0.05, 0) is 50.9 Å². The van der Waals surface area contributed by atoms with E-state index in [1.807, 2.05) is 12.4 Å². The van der Waals surface area contributed by atoms with Gasteiger partial charge in [-0.2, -0.15) is 0 Å². The van der Waals surface area contributed by atoms with Crippen LogP contribution < -0.4 is 10.2 Å². The SMILES string of the molecule is CCN1CCCC1CNC1CCN(c2ccncc2)CC1. The molecule has 2 aliphatic rings. The van der Waals surface area contributed by atoms with Crippen molar-refractivity contribution >= 4 is 5.69 Å². The Morgan fingerprint density at radius 1 is 1.14 bits per heavy atom. The van der Waals surface area contributed by atoms with Crippen LogP contribution in [0.4, 0.5) is 5.69 Å². The zero-order valence-corrected chi connectivity index (χ0v) is 13.2. The largest absolute Gasteiger partial charge is 0.371 e. The number of anilines is 1. The number of likely N-dealkylation sites (N-methyl/N-ethyl adjacent to an activating group) is 1. The summed E-state index contributed by atoms with van der Waals surface area (Å²) in [5.74, 6) is 0. The van der Waals surface area contributed by atoms with Crippen LogP contribution in [0.15, 0.2) is 24.5 Å². The van der Waals surface area contributed by atoms with E-state index in [1.165, 1.54) is 51.0 Å². The van der Waals surface area contributed by atoms with Gasteiger partial charge in [-0.1, -0.05) is 6.92 Å². The number of hydrogen-bond acceptors (Lipinski definition) is 4. The highest BCUT2D eigenvalue weighted by Gasteiger charge is 2.25. The lowest BCUT2D eigenvalue weighted by molar-refractivity contribution is 0.248. The predicted molar refractivity (Wildman–Crippen MR) is 87.7 cm³/mol. The highest BCUT2D eigenvalue weighted by molar-refractivity contribution is 5.44. The van der Waals surface area contributed by atoms with Gasteiger partial charge in [0.15, 0.2) is 0 Å². The van der Waals surface area contributed by atoms with Gasteiger partial charge in [0.25, 0.3) is 0 Å². The summed E-state index contributed by atoms with van der Waals surface area (Å²) in [7, 11) is 0. The Kier molecular flexibility index (Phi) is 5.09. The van der Waals surface area contributed by atoms with Crippen molar-refractivity contribution in [1.29, 1.82) is 0 Å². The quantitative estimate of drug-likeness (QED) is 0.899. The van der Waals surface area contributed by atoms with Gasteiger partial charge in [0.2, 0.25) is 0 Å². The Bertz CT molecular complexity index is 414. The normalized spacial score (nSPS) is 24.6. The Balaban J connectivity index is 1.42. The minimum Gasteiger partial charge on any atom is -0.371 e. The lowest BCUT2D eigenvalue weighted by Gasteiger charge is -2.35. The molecule has 2 fully saturated rings. The topological polar surface area (TPSA) is 31.4 Å². The number of likely N-dealkylation sites (tertiary alicyclic amines) is 1. The zero-order chi connectivity index (χ0) is 14.5. The van der Waals surface area contributed by atoms with Gasteiger partial charge in [0.05, 0.1) is 0 Å². The van der Waals surface area contributed by atoms with Gasteiger partial charge in [-0.15, -0.1) is 0 Å². The third-order valence-corrected chi connectivity index (χ3v) is 5.07. The van der Waals surface area contributed by atoms with Crippen molar-refractivity contribution in [1.82, 2.24) is 15.2 Å². The van der Waals surface area contributed by atoms with Gasteiger partial charge >= 0.3 is 0 Å². The first-order chi connectivity index (χ1) is 10.4. The molecule has 2 saturated heterocycles. The van der Waals surface area contributed by atoms with E-state index in [1.54, 1.807) is 0 Å². The lowest BCUT2D eigenvalue weighted by atomic mass is 10.0. The average Bonchev–Trinajstić information content (AvgIpc) is 3.02. The molecule has 3 heterocycles. The molecule has 1 aromatic heterocycles. The maximum absolute atomic E-state index is 4.10. The summed E-state index contributed by atoms with van der Waals surface area (Å²) in [6.45, 7) is 8.27. The third-order valence-electron chi connectivity index (χ3n) is 5.07. The van der Waals surface area contributed by atoms with E-state index in [4.69, 9.17) is 0 Å². The van der Waals surface area contributed by atoms with E-state index >= 15 is 0 Å². The molecule has 0 amide bonds. The van der Waals surface area contributed by atoms with Crippen LogP contribution in [-0.2, 0) is 0 Å². The minimum atomic E-state index is 0.697. The summed E-state index contributed by atoms with van der Waals surface area (Å²) in [6, 6.07) is 5.70. The first-order valence-electron chi connectivity index (χ1n) is 8.49. The molecule has 4 nitrogen and oxygen atoms in total. The number of rotatable bonds is 5. The molecule has 21 heavy (non-hydrogen) atoms. The van der Waals surface area contributed by atoms with Crippen LogP contribution in [0.1, 0.15) is 32.6 Å². The fourth-order valence-electron chi connectivity index (χ4n) is 3.74. The lowest BCUT2D eigenvalue weighted by Crippen LogP contribution is -2.46. The summed E-state index contributed by atoms with van der Waals surface area (Å²) < 4.78 is 0. The van der Waals surface area contributed by atoms with E-state index < -0.39 is 0 Å². The van der Waals surface area contributed by atoms with Crippen LogP contribution in [-0.4, -0.2) is 54.7 Å². The van der Waals surface area contributed by atoms with Gasteiger partial charge < -0.3 is 10.2 Å². The average molecular weight is 288 g/mol. The van der Waals surface area contributed by atoms with Gasteiger partial charge in [-0.3, -0.25) is 9.88 Å². The monoisotopic (exact) mass is 288 g/mol. The molecule has 0 radical (unpaired) electrons. The van der Waals surface area contributed by atoms with E-state index in [0.29, 0.717) is 6.04 Å². The standard InChI is InChI=1S/C17H28N4/c1-2-20-11-3-4-17(20)14-19-15-7-12-21(13-8-15)16-5-9-18-10-6-16/h5-6,9-10,15,17,19H,2-4,7-8,11-14H2,1H3. The first-order valence-corrected chi connectivity index (χ1v) is 8.49. The van der Waals surface area contributed by atoms with E-state index in [9.17, 15) is 0 Å². The number of piperidine rings is 1. The number of pyridine rings is 1. The summed E-state index contributed by atoms with van der Waals surface area (Å²) in [5, 5.41) is 3.82. The van der Waals surface area contributed by atoms with Crippen molar-refractivity contribution in [2.24, 2.45) is 0 Å². The van der Waals surface area contributed by atoms with E-state index in [0.717, 1.165) is 19.1 Å². The van der Waals surface area contributed by atoms with Crippen LogP contribution in [0.2, 0.25) is 0 Å². The predicted octanol–water partition coefficient (Wildman–Crippen LogP) is 2.12. The second-order valence-electron chi connectivity index (χ2n) is 6.30. The highest BCUT2D eigenvalue weighted by atomic mass is 15.2. The van der Waals surface area contributed by atoms with Crippen molar-refractivity contribution in [3.05, 3.63) is 24.5 Å². The third kappa shape index (κ3) is 3.74. The van der Waals surface area contributed by atoms with Gasteiger partial charge in [-0.25, -0.2) is 0 Å². The molecule has 0 aliphatic carbocycles. The number of hydrogen-bond donors (Lipinski definition) is 1. The summed E-state index contributed by atoms with van der Waals surface area (Å²) >= 11 is 0. The van der Waals surface area contributed by atoms with Crippen LogP contribution in [0.5, 0.6) is 0 Å². The van der Waals surface area contributed by atoms with Crippen molar-refractivity contribution < 1.29 is 0 Å². The molecule has 0 bridgehead atoms. The molecule has 3 rings (SSSR count). The van der Waals surface area contributed by atoms with E-state index in [2.05, 4.69) is 39.2 Å². The van der Waals surface area contributed by atoms with Crippen molar-refractivity contribution in [2.75, 3.05) is 37.6 Å². The fourth-order valence-corrected chi connectivity index (χ4v) is 3.74. The molecule has 1 aromatic rings. The summed E-state index contributed by atoms with van der Waals surface area (Å²) in [5.41, 5.74) is 1.32. The maximum Gasteiger partial charge on any atom is 0.0397 e. The first kappa shape index (κ1) is 14.8. The Morgan fingerprint density at radius 3 is 2.62 bits per heavy atom. The molecule has 0 aromatic carbocycles. The molecule has 1 N–H and O–H groups in total. The Morgan fingerprint density at radius 2 is 1.90 bits per heavy atom. The molecule has 0 saturated carbocycles. The van der Waals surface area contributed by atoms with Crippen molar-refractivity contribution in [2.45, 2.75) is 44.7 Å². The second kappa shape index (κ2) is 7.23. The van der Waals surface area contributed by atoms with Crippen molar-refractivity contribution in [3.63, 3.8) is 0 Å².